The molecule has 108 valence electrons. The normalized spacial score (nSPS) is 20.8. The van der Waals surface area contributed by atoms with Crippen molar-refractivity contribution >= 4 is 0 Å². The van der Waals surface area contributed by atoms with Crippen molar-refractivity contribution in [2.75, 3.05) is 33.2 Å². The van der Waals surface area contributed by atoms with E-state index in [1.54, 1.807) is 0 Å². The molecule has 0 unspecified atom stereocenters. The molecule has 19 heavy (non-hydrogen) atoms. The van der Waals surface area contributed by atoms with Crippen LogP contribution in [0.5, 0.6) is 0 Å². The minimum Gasteiger partial charge on any atom is -0.468 e. The Kier molecular flexibility index (Phi) is 4.66. The highest BCUT2D eigenvalue weighted by Gasteiger charge is 2.31. The zero-order chi connectivity index (χ0) is 13.9. The Hall–Kier alpha value is -0.840. The van der Waals surface area contributed by atoms with Gasteiger partial charge in [-0.25, -0.2) is 0 Å². The summed E-state index contributed by atoms with van der Waals surface area (Å²) in [4.78, 5) is 4.91. The van der Waals surface area contributed by atoms with E-state index in [0.717, 1.165) is 45.0 Å². The van der Waals surface area contributed by atoms with Crippen molar-refractivity contribution in [2.24, 2.45) is 0 Å². The molecule has 0 aliphatic carbocycles. The highest BCUT2D eigenvalue weighted by molar-refractivity contribution is 5.12. The van der Waals surface area contributed by atoms with Crippen molar-refractivity contribution in [3.8, 4) is 0 Å². The smallest absolute Gasteiger partial charge is 0.118 e. The lowest BCUT2D eigenvalue weighted by atomic mass is 10.00. The second kappa shape index (κ2) is 6.07. The molecule has 1 saturated heterocycles. The number of furan rings is 1. The first-order valence-corrected chi connectivity index (χ1v) is 7.22. The van der Waals surface area contributed by atoms with Gasteiger partial charge in [-0.1, -0.05) is 6.92 Å². The fourth-order valence-electron chi connectivity index (χ4n) is 2.57. The predicted molar refractivity (Wildman–Crippen MR) is 78.1 cm³/mol. The Balaban J connectivity index is 1.89. The van der Waals surface area contributed by atoms with E-state index < -0.39 is 0 Å². The molecule has 0 spiro atoms. The lowest BCUT2D eigenvalue weighted by Crippen LogP contribution is -2.57. The van der Waals surface area contributed by atoms with Crippen LogP contribution in [-0.4, -0.2) is 48.6 Å². The Morgan fingerprint density at radius 1 is 1.37 bits per heavy atom. The third-order valence-corrected chi connectivity index (χ3v) is 4.06. The molecule has 1 aromatic rings. The van der Waals surface area contributed by atoms with E-state index in [1.807, 2.05) is 6.26 Å². The average molecular weight is 265 g/mol. The van der Waals surface area contributed by atoms with E-state index in [0.29, 0.717) is 0 Å². The first-order chi connectivity index (χ1) is 9.01. The second-order valence-corrected chi connectivity index (χ2v) is 6.15. The standard InChI is InChI=1S/C15H27N3O/c1-5-16-9-13-8-14(19-11-13)10-18-7-6-17(4)15(2,3)12-18/h8,11,16H,5-7,9-10,12H2,1-4H3. The van der Waals surface area contributed by atoms with Gasteiger partial charge in [-0.15, -0.1) is 0 Å². The van der Waals surface area contributed by atoms with Crippen LogP contribution >= 0.6 is 0 Å². The number of likely N-dealkylation sites (N-methyl/N-ethyl adjacent to an activating group) is 1. The summed E-state index contributed by atoms with van der Waals surface area (Å²) in [5.41, 5.74) is 1.49. The summed E-state index contributed by atoms with van der Waals surface area (Å²) in [6.45, 7) is 12.9. The molecule has 1 fully saturated rings. The van der Waals surface area contributed by atoms with Gasteiger partial charge in [-0.3, -0.25) is 9.80 Å². The van der Waals surface area contributed by atoms with Crippen molar-refractivity contribution < 1.29 is 4.42 Å². The van der Waals surface area contributed by atoms with Crippen molar-refractivity contribution in [3.63, 3.8) is 0 Å². The lowest BCUT2D eigenvalue weighted by Gasteiger charge is -2.45. The largest absolute Gasteiger partial charge is 0.468 e. The van der Waals surface area contributed by atoms with Gasteiger partial charge in [0.15, 0.2) is 0 Å². The van der Waals surface area contributed by atoms with E-state index in [1.165, 1.54) is 5.56 Å². The van der Waals surface area contributed by atoms with Gasteiger partial charge in [0.25, 0.3) is 0 Å². The maximum atomic E-state index is 5.66. The Morgan fingerprint density at radius 2 is 2.16 bits per heavy atom. The van der Waals surface area contributed by atoms with Gasteiger partial charge >= 0.3 is 0 Å². The number of rotatable bonds is 5. The van der Waals surface area contributed by atoms with Crippen molar-refractivity contribution in [2.45, 2.75) is 39.4 Å². The average Bonchev–Trinajstić information content (AvgIpc) is 2.78. The molecule has 1 aliphatic heterocycles. The summed E-state index contributed by atoms with van der Waals surface area (Å²) in [5.74, 6) is 1.08. The lowest BCUT2D eigenvalue weighted by molar-refractivity contribution is 0.0328. The maximum absolute atomic E-state index is 5.66. The van der Waals surface area contributed by atoms with E-state index in [9.17, 15) is 0 Å². The molecule has 2 rings (SSSR count). The third-order valence-electron chi connectivity index (χ3n) is 4.06. The number of piperazine rings is 1. The number of nitrogens with zero attached hydrogens (tertiary/aromatic N) is 2. The number of nitrogens with one attached hydrogen (secondary N) is 1. The zero-order valence-corrected chi connectivity index (χ0v) is 12.7. The molecular weight excluding hydrogens is 238 g/mol. The highest BCUT2D eigenvalue weighted by atomic mass is 16.3. The fraction of sp³-hybridized carbons (Fsp3) is 0.733. The van der Waals surface area contributed by atoms with E-state index >= 15 is 0 Å². The quantitative estimate of drug-likeness (QED) is 0.881. The summed E-state index contributed by atoms with van der Waals surface area (Å²) in [7, 11) is 2.21. The fourth-order valence-corrected chi connectivity index (χ4v) is 2.57. The molecule has 0 amide bonds. The predicted octanol–water partition coefficient (Wildman–Crippen LogP) is 1.92. The van der Waals surface area contributed by atoms with Crippen LogP contribution in [0.25, 0.3) is 0 Å². The molecule has 0 saturated carbocycles. The number of hydrogen-bond acceptors (Lipinski definition) is 4. The highest BCUT2D eigenvalue weighted by Crippen LogP contribution is 2.21. The summed E-state index contributed by atoms with van der Waals surface area (Å²) in [5, 5.41) is 3.32. The second-order valence-electron chi connectivity index (χ2n) is 6.15. The molecule has 2 heterocycles. The van der Waals surface area contributed by atoms with Crippen LogP contribution in [0.2, 0.25) is 0 Å². The summed E-state index contributed by atoms with van der Waals surface area (Å²) in [6, 6.07) is 2.17. The molecule has 1 aromatic heterocycles. The van der Waals surface area contributed by atoms with Crippen LogP contribution in [-0.2, 0) is 13.1 Å². The minimum absolute atomic E-state index is 0.247. The van der Waals surface area contributed by atoms with Crippen molar-refractivity contribution in [1.29, 1.82) is 0 Å². The van der Waals surface area contributed by atoms with Crippen LogP contribution < -0.4 is 5.32 Å². The summed E-state index contributed by atoms with van der Waals surface area (Å²) in [6.07, 6.45) is 1.87. The maximum Gasteiger partial charge on any atom is 0.118 e. The molecule has 4 nitrogen and oxygen atoms in total. The first-order valence-electron chi connectivity index (χ1n) is 7.22. The van der Waals surface area contributed by atoms with Gasteiger partial charge in [0.05, 0.1) is 12.8 Å². The van der Waals surface area contributed by atoms with Gasteiger partial charge in [-0.2, -0.15) is 0 Å². The molecular formula is C15H27N3O. The number of hydrogen-bond donors (Lipinski definition) is 1. The van der Waals surface area contributed by atoms with Gasteiger partial charge in [0.2, 0.25) is 0 Å². The van der Waals surface area contributed by atoms with E-state index in [-0.39, 0.29) is 5.54 Å². The molecule has 4 heteroatoms. The SMILES string of the molecule is CCNCc1coc(CN2CCN(C)C(C)(C)C2)c1. The Labute approximate surface area is 116 Å². The Morgan fingerprint density at radius 3 is 2.84 bits per heavy atom. The van der Waals surface area contributed by atoms with Crippen LogP contribution in [0.4, 0.5) is 0 Å². The topological polar surface area (TPSA) is 31.7 Å². The monoisotopic (exact) mass is 265 g/mol. The zero-order valence-electron chi connectivity index (χ0n) is 12.7. The van der Waals surface area contributed by atoms with Gasteiger partial charge in [0.1, 0.15) is 5.76 Å². The van der Waals surface area contributed by atoms with Crippen LogP contribution in [0.15, 0.2) is 16.7 Å². The van der Waals surface area contributed by atoms with Gasteiger partial charge in [-0.05, 0) is 33.5 Å². The molecule has 1 aliphatic rings. The van der Waals surface area contributed by atoms with Crippen LogP contribution in [0.1, 0.15) is 32.1 Å². The van der Waals surface area contributed by atoms with Crippen molar-refractivity contribution in [1.82, 2.24) is 15.1 Å². The Bertz CT molecular complexity index is 400. The van der Waals surface area contributed by atoms with Crippen LogP contribution in [0, 0.1) is 0 Å². The third kappa shape index (κ3) is 3.81. The van der Waals surface area contributed by atoms with E-state index in [2.05, 4.69) is 49.0 Å². The van der Waals surface area contributed by atoms with Crippen LogP contribution in [0.3, 0.4) is 0 Å². The summed E-state index contributed by atoms with van der Waals surface area (Å²) >= 11 is 0. The molecule has 0 bridgehead atoms. The molecule has 0 aromatic carbocycles. The van der Waals surface area contributed by atoms with Gasteiger partial charge in [0, 0.05) is 37.3 Å². The molecule has 0 atom stereocenters. The first kappa shape index (κ1) is 14.6. The minimum atomic E-state index is 0.247. The van der Waals surface area contributed by atoms with Gasteiger partial charge < -0.3 is 9.73 Å². The molecule has 0 radical (unpaired) electrons. The van der Waals surface area contributed by atoms with Crippen molar-refractivity contribution in [3.05, 3.63) is 23.7 Å². The van der Waals surface area contributed by atoms with E-state index in [4.69, 9.17) is 4.42 Å². The summed E-state index contributed by atoms with van der Waals surface area (Å²) < 4.78 is 5.66. The molecule has 1 N–H and O–H groups in total.